The zero-order valence-electron chi connectivity index (χ0n) is 28.6. The fraction of sp³-hybridized carbons (Fsp3) is 0.375. The highest BCUT2D eigenvalue weighted by atomic mass is 35.5. The lowest BCUT2D eigenvalue weighted by Gasteiger charge is -2.40. The van der Waals surface area contributed by atoms with Gasteiger partial charge in [0.1, 0.15) is 5.82 Å². The number of carbonyl (C=O) groups excluding carboxylic acids is 2. The molecule has 3 aromatic carbocycles. The van der Waals surface area contributed by atoms with Crippen molar-refractivity contribution in [1.82, 2.24) is 20.1 Å². The summed E-state index contributed by atoms with van der Waals surface area (Å²) in [5, 5.41) is 15.3. The maximum absolute atomic E-state index is 14.2. The number of piperidine rings is 2. The summed E-state index contributed by atoms with van der Waals surface area (Å²) >= 11 is 6.08. The van der Waals surface area contributed by atoms with Gasteiger partial charge >= 0.3 is 0 Å². The third kappa shape index (κ3) is 9.67. The van der Waals surface area contributed by atoms with E-state index in [2.05, 4.69) is 27.3 Å². The van der Waals surface area contributed by atoms with Gasteiger partial charge in [-0.2, -0.15) is 0 Å². The second-order valence-corrected chi connectivity index (χ2v) is 13.9. The van der Waals surface area contributed by atoms with Crippen LogP contribution in [0, 0.1) is 11.7 Å². The molecule has 1 atom stereocenters. The fourth-order valence-corrected chi connectivity index (χ4v) is 7.60. The van der Waals surface area contributed by atoms with Crippen molar-refractivity contribution in [1.29, 1.82) is 0 Å². The van der Waals surface area contributed by atoms with Crippen LogP contribution in [0.4, 0.5) is 4.39 Å². The zero-order valence-corrected chi connectivity index (χ0v) is 30.9. The third-order valence-corrected chi connectivity index (χ3v) is 10.8. The monoisotopic (exact) mass is 754 g/mol. The highest BCUT2D eigenvalue weighted by Gasteiger charge is 2.37. The van der Waals surface area contributed by atoms with Gasteiger partial charge in [-0.25, -0.2) is 4.39 Å². The third-order valence-electron chi connectivity index (χ3n) is 10.5. The molecule has 7 nitrogen and oxygen atoms in total. The van der Waals surface area contributed by atoms with Gasteiger partial charge in [-0.3, -0.25) is 14.6 Å². The van der Waals surface area contributed by atoms with Crippen molar-refractivity contribution in [3.05, 3.63) is 136 Å². The van der Waals surface area contributed by atoms with Crippen LogP contribution in [0.2, 0.25) is 5.02 Å². The zero-order chi connectivity index (χ0) is 34.3. The quantitative estimate of drug-likeness (QED) is 0.166. The lowest BCUT2D eigenvalue weighted by atomic mass is 9.71. The van der Waals surface area contributed by atoms with E-state index in [-0.39, 0.29) is 48.4 Å². The first-order chi connectivity index (χ1) is 23.8. The number of carbonyl (C=O) groups is 2. The molecule has 272 valence electrons. The molecule has 2 amide bonds. The number of aromatic nitrogens is 1. The summed E-state index contributed by atoms with van der Waals surface area (Å²) in [4.78, 5) is 34.8. The summed E-state index contributed by atoms with van der Waals surface area (Å²) in [6.07, 6.45) is 7.27. The number of benzene rings is 3. The highest BCUT2D eigenvalue weighted by Crippen LogP contribution is 2.38. The molecule has 2 N–H and O–H groups in total. The summed E-state index contributed by atoms with van der Waals surface area (Å²) in [5.74, 6) is -0.555. The predicted octanol–water partition coefficient (Wildman–Crippen LogP) is 7.44. The Kier molecular flexibility index (Phi) is 14.4. The van der Waals surface area contributed by atoms with Gasteiger partial charge in [0.05, 0.1) is 5.60 Å². The van der Waals surface area contributed by atoms with Gasteiger partial charge < -0.3 is 20.2 Å². The van der Waals surface area contributed by atoms with E-state index >= 15 is 0 Å². The second-order valence-electron chi connectivity index (χ2n) is 13.5. The molecule has 2 aliphatic heterocycles. The summed E-state index contributed by atoms with van der Waals surface area (Å²) < 4.78 is 14.2. The number of amides is 2. The Balaban J connectivity index is 0.00000292. The van der Waals surface area contributed by atoms with Crippen LogP contribution >= 0.6 is 36.4 Å². The van der Waals surface area contributed by atoms with E-state index < -0.39 is 11.0 Å². The molecule has 2 fully saturated rings. The summed E-state index contributed by atoms with van der Waals surface area (Å²) in [6, 6.07) is 27.7. The van der Waals surface area contributed by atoms with Crippen molar-refractivity contribution in [2.75, 3.05) is 39.3 Å². The first-order valence-electron chi connectivity index (χ1n) is 17.3. The van der Waals surface area contributed by atoms with Crippen molar-refractivity contribution in [2.45, 2.75) is 49.5 Å². The maximum atomic E-state index is 14.2. The molecule has 1 unspecified atom stereocenters. The lowest BCUT2D eigenvalue weighted by Crippen LogP contribution is -2.47. The van der Waals surface area contributed by atoms with E-state index in [1.165, 1.54) is 12.1 Å². The standard InChI is InChI=1S/C40H44ClFN4O3.2ClH/c41-35-11-7-34(8-12-35)40(49)20-27-45(28-21-40)24-4-19-39(32-5-2-1-3-6-32,33-9-13-36(42)14-10-33)29-44-37(47)30-17-25-46(26-18-30)38(48)31-15-22-43-23-16-31;;/h1-3,5-16,22-23,30,49H,4,17-21,24-29H2,(H,44,47);2*1H. The number of hydrogen-bond acceptors (Lipinski definition) is 5. The Morgan fingerprint density at radius 1 is 0.863 bits per heavy atom. The first-order valence-corrected chi connectivity index (χ1v) is 17.6. The van der Waals surface area contributed by atoms with E-state index in [1.807, 2.05) is 59.5 Å². The van der Waals surface area contributed by atoms with Crippen LogP contribution < -0.4 is 5.32 Å². The van der Waals surface area contributed by atoms with Crippen LogP contribution in [0.25, 0.3) is 0 Å². The van der Waals surface area contributed by atoms with E-state index in [1.54, 1.807) is 24.5 Å². The van der Waals surface area contributed by atoms with Crippen LogP contribution in [0.3, 0.4) is 0 Å². The molecule has 1 aromatic heterocycles. The van der Waals surface area contributed by atoms with Crippen LogP contribution in [-0.4, -0.2) is 71.0 Å². The molecule has 6 rings (SSSR count). The van der Waals surface area contributed by atoms with Gasteiger partial charge in [0.25, 0.3) is 5.91 Å². The molecule has 3 heterocycles. The predicted molar refractivity (Wildman–Crippen MR) is 204 cm³/mol. The molecule has 0 radical (unpaired) electrons. The molecule has 0 aliphatic carbocycles. The average Bonchev–Trinajstić information content (AvgIpc) is 3.15. The topological polar surface area (TPSA) is 85.8 Å². The van der Waals surface area contributed by atoms with Crippen molar-refractivity contribution in [3.63, 3.8) is 0 Å². The molecule has 11 heteroatoms. The van der Waals surface area contributed by atoms with Gasteiger partial charge in [0, 0.05) is 67.0 Å². The van der Waals surface area contributed by atoms with Gasteiger partial charge in [-0.1, -0.05) is 66.2 Å². The number of likely N-dealkylation sites (tertiary alicyclic amines) is 2. The largest absolute Gasteiger partial charge is 0.385 e. The van der Waals surface area contributed by atoms with Crippen LogP contribution in [-0.2, 0) is 15.8 Å². The van der Waals surface area contributed by atoms with E-state index in [9.17, 15) is 19.1 Å². The molecule has 4 aromatic rings. The average molecular weight is 756 g/mol. The van der Waals surface area contributed by atoms with Gasteiger partial charge in [0.15, 0.2) is 0 Å². The summed E-state index contributed by atoms with van der Waals surface area (Å²) in [6.45, 7) is 3.78. The summed E-state index contributed by atoms with van der Waals surface area (Å²) in [7, 11) is 0. The molecule has 2 saturated heterocycles. The van der Waals surface area contributed by atoms with E-state index in [4.69, 9.17) is 11.6 Å². The van der Waals surface area contributed by atoms with Crippen LogP contribution in [0.1, 0.15) is 65.6 Å². The fourth-order valence-electron chi connectivity index (χ4n) is 7.48. The number of hydrogen-bond donors (Lipinski definition) is 2. The van der Waals surface area contributed by atoms with E-state index in [0.29, 0.717) is 55.9 Å². The highest BCUT2D eigenvalue weighted by molar-refractivity contribution is 6.30. The van der Waals surface area contributed by atoms with Crippen molar-refractivity contribution in [2.24, 2.45) is 5.92 Å². The Hall–Kier alpha value is -3.53. The molecular formula is C40H46Cl3FN4O3. The molecular weight excluding hydrogens is 710 g/mol. The molecule has 0 bridgehead atoms. The molecule has 0 spiro atoms. The number of nitrogens with zero attached hydrogens (tertiary/aromatic N) is 3. The number of nitrogens with one attached hydrogen (secondary N) is 1. The normalized spacial score (nSPS) is 17.4. The number of halogens is 4. The van der Waals surface area contributed by atoms with Crippen LogP contribution in [0.5, 0.6) is 0 Å². The van der Waals surface area contributed by atoms with Crippen molar-refractivity contribution >= 4 is 48.2 Å². The lowest BCUT2D eigenvalue weighted by molar-refractivity contribution is -0.126. The van der Waals surface area contributed by atoms with Gasteiger partial charge in [-0.05, 0) is 98.2 Å². The van der Waals surface area contributed by atoms with Crippen molar-refractivity contribution in [3.8, 4) is 0 Å². The van der Waals surface area contributed by atoms with E-state index in [0.717, 1.165) is 49.2 Å². The van der Waals surface area contributed by atoms with Gasteiger partial charge in [0.2, 0.25) is 5.91 Å². The molecule has 51 heavy (non-hydrogen) atoms. The number of pyridine rings is 1. The Morgan fingerprint density at radius 3 is 2.10 bits per heavy atom. The minimum Gasteiger partial charge on any atom is -0.385 e. The smallest absolute Gasteiger partial charge is 0.253 e. The minimum absolute atomic E-state index is 0. The second kappa shape index (κ2) is 18.3. The Labute approximate surface area is 317 Å². The van der Waals surface area contributed by atoms with Gasteiger partial charge in [-0.15, -0.1) is 24.8 Å². The summed E-state index contributed by atoms with van der Waals surface area (Å²) in [5.41, 5.74) is 2.08. The van der Waals surface area contributed by atoms with Crippen molar-refractivity contribution < 1.29 is 19.1 Å². The Morgan fingerprint density at radius 2 is 1.47 bits per heavy atom. The van der Waals surface area contributed by atoms with Crippen LogP contribution in [0.15, 0.2) is 103 Å². The minimum atomic E-state index is -0.865. The Bertz CT molecular complexity index is 1680. The molecule has 2 aliphatic rings. The number of aliphatic hydroxyl groups is 1. The first kappa shape index (κ1) is 40.2. The number of rotatable bonds is 11. The molecule has 0 saturated carbocycles. The SMILES string of the molecule is Cl.Cl.O=C(NCC(CCCN1CCC(O)(c2ccc(Cl)cc2)CC1)(c1ccccc1)c1ccc(F)cc1)C1CCN(C(=O)c2ccncc2)CC1. The maximum Gasteiger partial charge on any atom is 0.253 e.